The smallest absolute Gasteiger partial charge is 0.254 e. The number of hydrogen-bond donors (Lipinski definition) is 2. The average molecular weight is 373 g/mol. The Morgan fingerprint density at radius 2 is 1.73 bits per heavy atom. The Balaban J connectivity index is 1.82. The molecule has 6 nitrogen and oxygen atoms in total. The summed E-state index contributed by atoms with van der Waals surface area (Å²) in [6, 6.07) is 10.3. The number of carbonyl (C=O) groups is 2. The molecule has 2 aromatic rings. The molecule has 0 atom stereocenters. The van der Waals surface area contributed by atoms with Crippen LogP contribution in [0.3, 0.4) is 0 Å². The Morgan fingerprint density at radius 3 is 2.35 bits per heavy atom. The third kappa shape index (κ3) is 5.77. The van der Waals surface area contributed by atoms with Crippen molar-refractivity contribution in [2.75, 3.05) is 20.2 Å². The molecule has 138 valence electrons. The van der Waals surface area contributed by atoms with Crippen LogP contribution in [-0.2, 0) is 0 Å². The summed E-state index contributed by atoms with van der Waals surface area (Å²) in [6.07, 6.45) is 1.68. The third-order valence-corrected chi connectivity index (χ3v) is 4.43. The van der Waals surface area contributed by atoms with Crippen molar-refractivity contribution in [3.05, 3.63) is 53.7 Å². The van der Waals surface area contributed by atoms with Gasteiger partial charge in [-0.2, -0.15) is 0 Å². The fourth-order valence-corrected chi connectivity index (χ4v) is 3.03. The van der Waals surface area contributed by atoms with Crippen molar-refractivity contribution in [3.8, 4) is 5.75 Å². The highest BCUT2D eigenvalue weighted by Crippen LogP contribution is 2.23. The summed E-state index contributed by atoms with van der Waals surface area (Å²) in [6.45, 7) is 4.77. The first kappa shape index (κ1) is 19.8. The maximum atomic E-state index is 12.3. The van der Waals surface area contributed by atoms with E-state index in [9.17, 15) is 9.59 Å². The topological polar surface area (TPSA) is 80.3 Å². The van der Waals surface area contributed by atoms with Crippen molar-refractivity contribution in [1.29, 1.82) is 0 Å². The third-order valence-electron chi connectivity index (χ3n) is 3.41. The minimum Gasteiger partial charge on any atom is -0.497 e. The van der Waals surface area contributed by atoms with Gasteiger partial charge in [-0.15, -0.1) is 11.8 Å². The molecule has 0 fully saturated rings. The highest BCUT2D eigenvalue weighted by molar-refractivity contribution is 7.99. The summed E-state index contributed by atoms with van der Waals surface area (Å²) in [5.41, 5.74) is 1.09. The first-order chi connectivity index (χ1) is 12.5. The molecule has 0 aliphatic carbocycles. The maximum Gasteiger partial charge on any atom is 0.254 e. The number of hydrogen-bond acceptors (Lipinski definition) is 5. The predicted octanol–water partition coefficient (Wildman–Crippen LogP) is 2.75. The van der Waals surface area contributed by atoms with Gasteiger partial charge in [-0.05, 0) is 36.4 Å². The number of benzene rings is 1. The van der Waals surface area contributed by atoms with Gasteiger partial charge < -0.3 is 15.4 Å². The van der Waals surface area contributed by atoms with Gasteiger partial charge in [-0.25, -0.2) is 4.98 Å². The SMILES string of the molecule is COc1ccc(C(=O)NCCNC(=O)c2cccnc2SC(C)C)cc1. The van der Waals surface area contributed by atoms with Gasteiger partial charge in [-0.3, -0.25) is 9.59 Å². The van der Waals surface area contributed by atoms with Crippen molar-refractivity contribution in [1.82, 2.24) is 15.6 Å². The number of thioether (sulfide) groups is 1. The van der Waals surface area contributed by atoms with Crippen molar-refractivity contribution in [3.63, 3.8) is 0 Å². The van der Waals surface area contributed by atoms with Crippen molar-refractivity contribution in [2.24, 2.45) is 0 Å². The second-order valence-electron chi connectivity index (χ2n) is 5.76. The van der Waals surface area contributed by atoms with Crippen LogP contribution in [-0.4, -0.2) is 42.2 Å². The summed E-state index contributed by atoms with van der Waals surface area (Å²) >= 11 is 1.55. The summed E-state index contributed by atoms with van der Waals surface area (Å²) in [7, 11) is 1.57. The minimum absolute atomic E-state index is 0.194. The average Bonchev–Trinajstić information content (AvgIpc) is 2.65. The molecule has 2 rings (SSSR count). The number of pyridine rings is 1. The largest absolute Gasteiger partial charge is 0.497 e. The Bertz CT molecular complexity index is 748. The Hall–Kier alpha value is -2.54. The standard InChI is InChI=1S/C19H23N3O3S/c1-13(2)26-19-16(5-4-10-22-19)18(24)21-12-11-20-17(23)14-6-8-15(25-3)9-7-14/h4-10,13H,11-12H2,1-3H3,(H,20,23)(H,21,24). The van der Waals surface area contributed by atoms with E-state index in [4.69, 9.17) is 4.74 Å². The number of amides is 2. The zero-order chi connectivity index (χ0) is 18.9. The fraction of sp³-hybridized carbons (Fsp3) is 0.316. The normalized spacial score (nSPS) is 10.5. The van der Waals surface area contributed by atoms with Crippen LogP contribution in [0, 0.1) is 0 Å². The lowest BCUT2D eigenvalue weighted by molar-refractivity contribution is 0.0925. The number of methoxy groups -OCH3 is 1. The molecule has 0 bridgehead atoms. The fourth-order valence-electron chi connectivity index (χ4n) is 2.17. The van der Waals surface area contributed by atoms with Gasteiger partial charge in [-0.1, -0.05) is 13.8 Å². The molecule has 0 saturated heterocycles. The molecule has 7 heteroatoms. The first-order valence-corrected chi connectivity index (χ1v) is 9.21. The van der Waals surface area contributed by atoms with E-state index in [1.807, 2.05) is 0 Å². The molecular formula is C19H23N3O3S. The van der Waals surface area contributed by atoms with Gasteiger partial charge in [0, 0.05) is 30.1 Å². The van der Waals surface area contributed by atoms with E-state index >= 15 is 0 Å². The van der Waals surface area contributed by atoms with E-state index in [0.717, 1.165) is 0 Å². The van der Waals surface area contributed by atoms with E-state index in [1.165, 1.54) is 0 Å². The molecule has 0 spiro atoms. The summed E-state index contributed by atoms with van der Waals surface area (Å²) < 4.78 is 5.06. The molecule has 0 saturated carbocycles. The number of aromatic nitrogens is 1. The molecule has 0 aliphatic rings. The summed E-state index contributed by atoms with van der Waals surface area (Å²) in [4.78, 5) is 28.7. The molecular weight excluding hydrogens is 350 g/mol. The number of rotatable bonds is 8. The van der Waals surface area contributed by atoms with Gasteiger partial charge in [0.1, 0.15) is 10.8 Å². The van der Waals surface area contributed by atoms with E-state index in [1.54, 1.807) is 61.5 Å². The van der Waals surface area contributed by atoms with Crippen LogP contribution >= 0.6 is 11.8 Å². The molecule has 2 amide bonds. The highest BCUT2D eigenvalue weighted by Gasteiger charge is 2.13. The number of ether oxygens (including phenoxy) is 1. The van der Waals surface area contributed by atoms with Gasteiger partial charge in [0.25, 0.3) is 11.8 Å². The molecule has 1 aromatic heterocycles. The molecule has 0 aliphatic heterocycles. The van der Waals surface area contributed by atoms with Crippen LogP contribution in [0.5, 0.6) is 5.75 Å². The molecule has 2 N–H and O–H groups in total. The predicted molar refractivity (Wildman–Crippen MR) is 103 cm³/mol. The second kappa shape index (κ2) is 9.82. The van der Waals surface area contributed by atoms with Crippen LogP contribution in [0.15, 0.2) is 47.6 Å². The quantitative estimate of drug-likeness (QED) is 0.549. The van der Waals surface area contributed by atoms with Crippen LogP contribution in [0.1, 0.15) is 34.6 Å². The first-order valence-electron chi connectivity index (χ1n) is 8.33. The van der Waals surface area contributed by atoms with Crippen LogP contribution < -0.4 is 15.4 Å². The van der Waals surface area contributed by atoms with Gasteiger partial charge in [0.05, 0.1) is 12.7 Å². The van der Waals surface area contributed by atoms with Crippen LogP contribution in [0.2, 0.25) is 0 Å². The lowest BCUT2D eigenvalue weighted by Crippen LogP contribution is -2.35. The Labute approximate surface area is 157 Å². The monoisotopic (exact) mass is 373 g/mol. The van der Waals surface area contributed by atoms with E-state index in [2.05, 4.69) is 29.5 Å². The van der Waals surface area contributed by atoms with E-state index < -0.39 is 0 Å². The molecule has 0 radical (unpaired) electrons. The van der Waals surface area contributed by atoms with Gasteiger partial charge in [0.2, 0.25) is 0 Å². The maximum absolute atomic E-state index is 12.3. The van der Waals surface area contributed by atoms with Crippen molar-refractivity contribution < 1.29 is 14.3 Å². The highest BCUT2D eigenvalue weighted by atomic mass is 32.2. The molecule has 1 heterocycles. The Morgan fingerprint density at radius 1 is 1.08 bits per heavy atom. The molecule has 26 heavy (non-hydrogen) atoms. The van der Waals surface area contributed by atoms with Gasteiger partial charge >= 0.3 is 0 Å². The zero-order valence-corrected chi connectivity index (χ0v) is 15.9. The van der Waals surface area contributed by atoms with E-state index in [-0.39, 0.29) is 11.8 Å². The summed E-state index contributed by atoms with van der Waals surface area (Å²) in [5, 5.41) is 6.63. The minimum atomic E-state index is -0.195. The Kier molecular flexibility index (Phi) is 7.47. The van der Waals surface area contributed by atoms with Crippen LogP contribution in [0.4, 0.5) is 0 Å². The van der Waals surface area contributed by atoms with Crippen LogP contribution in [0.25, 0.3) is 0 Å². The van der Waals surface area contributed by atoms with E-state index in [0.29, 0.717) is 40.2 Å². The summed E-state index contributed by atoms with van der Waals surface area (Å²) in [5.74, 6) is 0.305. The zero-order valence-electron chi connectivity index (χ0n) is 15.1. The second-order valence-corrected chi connectivity index (χ2v) is 7.33. The van der Waals surface area contributed by atoms with Gasteiger partial charge in [0.15, 0.2) is 0 Å². The lowest BCUT2D eigenvalue weighted by atomic mass is 10.2. The lowest BCUT2D eigenvalue weighted by Gasteiger charge is -2.11. The number of nitrogens with one attached hydrogen (secondary N) is 2. The molecule has 0 unspecified atom stereocenters. The van der Waals surface area contributed by atoms with Crippen molar-refractivity contribution >= 4 is 23.6 Å². The molecule has 1 aromatic carbocycles. The number of carbonyl (C=O) groups excluding carboxylic acids is 2. The van der Waals surface area contributed by atoms with Crippen molar-refractivity contribution in [2.45, 2.75) is 24.1 Å². The number of nitrogens with zero attached hydrogens (tertiary/aromatic N) is 1.